The predicted molar refractivity (Wildman–Crippen MR) is 73.8 cm³/mol. The Bertz CT molecular complexity index is 513. The molecule has 0 saturated carbocycles. The second-order valence-corrected chi connectivity index (χ2v) is 5.64. The first-order chi connectivity index (χ1) is 8.40. The summed E-state index contributed by atoms with van der Waals surface area (Å²) in [7, 11) is 0. The lowest BCUT2D eigenvalue weighted by molar-refractivity contribution is -0.123. The molecular weight excluding hydrogens is 343 g/mol. The van der Waals surface area contributed by atoms with Crippen LogP contribution in [0.25, 0.3) is 0 Å². The van der Waals surface area contributed by atoms with Crippen LogP contribution in [0.2, 0.25) is 10.0 Å². The lowest BCUT2D eigenvalue weighted by atomic mass is 10.1. The molecule has 1 aromatic rings. The van der Waals surface area contributed by atoms with E-state index in [1.807, 2.05) is 0 Å². The van der Waals surface area contributed by atoms with Crippen molar-refractivity contribution in [1.29, 1.82) is 0 Å². The van der Waals surface area contributed by atoms with Gasteiger partial charge in [0.25, 0.3) is 0 Å². The lowest BCUT2D eigenvalue weighted by Gasteiger charge is -2.17. The highest BCUT2D eigenvalue weighted by molar-refractivity contribution is 9.10. The van der Waals surface area contributed by atoms with Gasteiger partial charge in [0.2, 0.25) is 11.8 Å². The molecule has 2 amide bonds. The Morgan fingerprint density at radius 1 is 1.39 bits per heavy atom. The monoisotopic (exact) mass is 350 g/mol. The fourth-order valence-corrected chi connectivity index (χ4v) is 2.55. The minimum atomic E-state index is -0.472. The van der Waals surface area contributed by atoms with Crippen molar-refractivity contribution >= 4 is 56.6 Å². The third-order valence-corrected chi connectivity index (χ3v) is 4.71. The Morgan fingerprint density at radius 3 is 2.39 bits per heavy atom. The van der Waals surface area contributed by atoms with Crippen molar-refractivity contribution in [2.24, 2.45) is 11.7 Å². The van der Waals surface area contributed by atoms with Crippen LogP contribution in [-0.4, -0.2) is 18.4 Å². The van der Waals surface area contributed by atoms with Crippen molar-refractivity contribution < 1.29 is 9.59 Å². The first-order valence-corrected chi connectivity index (χ1v) is 6.69. The highest BCUT2D eigenvalue weighted by Gasteiger charge is 2.34. The van der Waals surface area contributed by atoms with Gasteiger partial charge in [0.1, 0.15) is 0 Å². The minimum absolute atomic E-state index is 0.126. The Balaban J connectivity index is 2.33. The average Bonchev–Trinajstić information content (AvgIpc) is 2.68. The fourth-order valence-electron chi connectivity index (χ4n) is 1.85. The van der Waals surface area contributed by atoms with Crippen LogP contribution >= 0.6 is 39.1 Å². The van der Waals surface area contributed by atoms with E-state index in [1.165, 1.54) is 4.90 Å². The van der Waals surface area contributed by atoms with Gasteiger partial charge >= 0.3 is 0 Å². The highest BCUT2D eigenvalue weighted by Crippen LogP contribution is 2.36. The molecule has 4 nitrogen and oxygen atoms in total. The molecular formula is C11H9BrCl2N2O2. The van der Waals surface area contributed by atoms with Crippen molar-refractivity contribution in [3.05, 3.63) is 26.7 Å². The molecule has 7 heteroatoms. The van der Waals surface area contributed by atoms with Crippen molar-refractivity contribution in [3.63, 3.8) is 0 Å². The highest BCUT2D eigenvalue weighted by atomic mass is 79.9. The zero-order chi connectivity index (χ0) is 13.4. The van der Waals surface area contributed by atoms with Crippen LogP contribution in [0, 0.1) is 5.92 Å². The van der Waals surface area contributed by atoms with Crippen molar-refractivity contribution in [1.82, 2.24) is 0 Å². The summed E-state index contributed by atoms with van der Waals surface area (Å²) in [5, 5.41) is 0.820. The zero-order valence-electron chi connectivity index (χ0n) is 9.12. The molecule has 96 valence electrons. The molecule has 1 atom stereocenters. The standard InChI is InChI=1S/C11H9BrCl2N2O2/c12-10-7(13)2-6(3-8(10)14)16-4-5(11(15)18)1-9(16)17/h2-3,5H,1,4H2,(H2,15,18). The maximum atomic E-state index is 11.8. The van der Waals surface area contributed by atoms with E-state index >= 15 is 0 Å². The molecule has 1 fully saturated rings. The van der Waals surface area contributed by atoms with Crippen LogP contribution in [0.1, 0.15) is 6.42 Å². The average molecular weight is 352 g/mol. The van der Waals surface area contributed by atoms with E-state index in [0.29, 0.717) is 20.2 Å². The van der Waals surface area contributed by atoms with Crippen molar-refractivity contribution in [2.75, 3.05) is 11.4 Å². The first kappa shape index (κ1) is 13.6. The fraction of sp³-hybridized carbons (Fsp3) is 0.273. The number of rotatable bonds is 2. The van der Waals surface area contributed by atoms with Gasteiger partial charge in [-0.25, -0.2) is 0 Å². The van der Waals surface area contributed by atoms with E-state index < -0.39 is 11.8 Å². The smallest absolute Gasteiger partial charge is 0.227 e. The first-order valence-electron chi connectivity index (χ1n) is 5.14. The summed E-state index contributed by atoms with van der Waals surface area (Å²) < 4.78 is 0.577. The van der Waals surface area contributed by atoms with Crippen molar-refractivity contribution in [2.45, 2.75) is 6.42 Å². The molecule has 1 saturated heterocycles. The van der Waals surface area contributed by atoms with Crippen LogP contribution in [0.5, 0.6) is 0 Å². The maximum Gasteiger partial charge on any atom is 0.227 e. The number of carbonyl (C=O) groups is 2. The van der Waals surface area contributed by atoms with E-state index in [4.69, 9.17) is 28.9 Å². The normalized spacial score (nSPS) is 19.4. The Hall–Kier alpha value is -0.780. The van der Waals surface area contributed by atoms with Crippen LogP contribution in [-0.2, 0) is 9.59 Å². The summed E-state index contributed by atoms with van der Waals surface area (Å²) >= 11 is 15.2. The number of amides is 2. The topological polar surface area (TPSA) is 63.4 Å². The Kier molecular flexibility index (Phi) is 3.84. The predicted octanol–water partition coefficient (Wildman–Crippen LogP) is 2.59. The van der Waals surface area contributed by atoms with Gasteiger partial charge in [-0.1, -0.05) is 23.2 Å². The SMILES string of the molecule is NC(=O)C1CC(=O)N(c2cc(Cl)c(Br)c(Cl)c2)C1. The van der Waals surface area contributed by atoms with Gasteiger partial charge in [-0.15, -0.1) is 0 Å². The molecule has 0 aliphatic carbocycles. The van der Waals surface area contributed by atoms with Gasteiger partial charge in [-0.2, -0.15) is 0 Å². The maximum absolute atomic E-state index is 11.8. The van der Waals surface area contributed by atoms with Gasteiger partial charge in [0.05, 0.1) is 20.4 Å². The molecule has 18 heavy (non-hydrogen) atoms. The number of carbonyl (C=O) groups excluding carboxylic acids is 2. The summed E-state index contributed by atoms with van der Waals surface area (Å²) in [6.07, 6.45) is 0.126. The molecule has 2 N–H and O–H groups in total. The van der Waals surface area contributed by atoms with Gasteiger partial charge in [0.15, 0.2) is 0 Å². The number of hydrogen-bond donors (Lipinski definition) is 1. The molecule has 1 unspecified atom stereocenters. The molecule has 0 radical (unpaired) electrons. The largest absolute Gasteiger partial charge is 0.369 e. The third-order valence-electron chi connectivity index (χ3n) is 2.81. The van der Waals surface area contributed by atoms with Crippen LogP contribution in [0.3, 0.4) is 0 Å². The summed E-state index contributed by atoms with van der Waals surface area (Å²) in [6, 6.07) is 3.25. The van der Waals surface area contributed by atoms with E-state index in [0.717, 1.165) is 0 Å². The number of primary amides is 1. The van der Waals surface area contributed by atoms with Crippen LogP contribution < -0.4 is 10.6 Å². The number of halogens is 3. The molecule has 0 spiro atoms. The summed E-state index contributed by atoms with van der Waals surface area (Å²) in [5.41, 5.74) is 5.78. The number of anilines is 1. The van der Waals surface area contributed by atoms with E-state index in [-0.39, 0.29) is 18.9 Å². The summed E-state index contributed by atoms with van der Waals surface area (Å²) in [5.74, 6) is -1.09. The molecule has 0 bridgehead atoms. The van der Waals surface area contributed by atoms with Crippen LogP contribution in [0.4, 0.5) is 5.69 Å². The van der Waals surface area contributed by atoms with Crippen LogP contribution in [0.15, 0.2) is 16.6 Å². The quantitative estimate of drug-likeness (QED) is 0.832. The molecule has 1 aliphatic heterocycles. The second-order valence-electron chi connectivity index (χ2n) is 4.03. The van der Waals surface area contributed by atoms with Gasteiger partial charge in [-0.05, 0) is 28.1 Å². The summed E-state index contributed by atoms with van der Waals surface area (Å²) in [6.45, 7) is 0.266. The van der Waals surface area contributed by atoms with Gasteiger partial charge < -0.3 is 10.6 Å². The minimum Gasteiger partial charge on any atom is -0.369 e. The van der Waals surface area contributed by atoms with Gasteiger partial charge in [-0.3, -0.25) is 9.59 Å². The van der Waals surface area contributed by atoms with Gasteiger partial charge in [0, 0.05) is 18.7 Å². The summed E-state index contributed by atoms with van der Waals surface area (Å²) in [4.78, 5) is 24.4. The van der Waals surface area contributed by atoms with E-state index in [2.05, 4.69) is 15.9 Å². The molecule has 1 aliphatic rings. The number of nitrogens with zero attached hydrogens (tertiary/aromatic N) is 1. The molecule has 2 rings (SSSR count). The Labute approximate surface area is 122 Å². The molecule has 1 heterocycles. The van der Waals surface area contributed by atoms with Crippen molar-refractivity contribution in [3.8, 4) is 0 Å². The van der Waals surface area contributed by atoms with E-state index in [1.54, 1.807) is 12.1 Å². The molecule has 1 aromatic carbocycles. The Morgan fingerprint density at radius 2 is 1.94 bits per heavy atom. The van der Waals surface area contributed by atoms with E-state index in [9.17, 15) is 9.59 Å². The number of nitrogens with two attached hydrogens (primary N) is 1. The second kappa shape index (κ2) is 5.07. The number of hydrogen-bond acceptors (Lipinski definition) is 2. The third kappa shape index (κ3) is 2.48. The molecule has 0 aromatic heterocycles. The lowest BCUT2D eigenvalue weighted by Crippen LogP contribution is -2.28. The number of benzene rings is 1. The zero-order valence-corrected chi connectivity index (χ0v) is 12.2.